The van der Waals surface area contributed by atoms with E-state index in [2.05, 4.69) is 4.98 Å². The molecule has 0 aliphatic rings. The summed E-state index contributed by atoms with van der Waals surface area (Å²) >= 11 is 0. The van der Waals surface area contributed by atoms with Crippen molar-refractivity contribution in [2.45, 2.75) is 6.54 Å². The second kappa shape index (κ2) is 6.56. The molecule has 1 heterocycles. The number of nitrogens with two attached hydrogens (primary N) is 1. The molecule has 0 aliphatic carbocycles. The lowest BCUT2D eigenvalue weighted by Crippen LogP contribution is -2.30. The Morgan fingerprint density at radius 3 is 2.50 bits per heavy atom. The molecule has 0 saturated heterocycles. The zero-order chi connectivity index (χ0) is 14.4. The van der Waals surface area contributed by atoms with Crippen molar-refractivity contribution in [3.05, 3.63) is 54.4 Å². The third-order valence-corrected chi connectivity index (χ3v) is 2.84. The molecule has 0 aliphatic heterocycles. The maximum atomic E-state index is 11.9. The average Bonchev–Trinajstić information content (AvgIpc) is 2.47. The smallest absolute Gasteiger partial charge is 0.260 e. The number of hydrogen-bond acceptors (Lipinski definition) is 4. The minimum absolute atomic E-state index is 0.00546. The summed E-state index contributed by atoms with van der Waals surface area (Å²) in [6.45, 7) is 0.540. The van der Waals surface area contributed by atoms with Gasteiger partial charge in [-0.05, 0) is 42.0 Å². The highest BCUT2D eigenvalue weighted by molar-refractivity contribution is 5.77. The fraction of sp³-hybridized carbons (Fsp3) is 0.200. The van der Waals surface area contributed by atoms with Gasteiger partial charge in [0.15, 0.2) is 6.61 Å². The number of pyridine rings is 1. The average molecular weight is 271 g/mol. The van der Waals surface area contributed by atoms with Crippen LogP contribution in [0.15, 0.2) is 48.8 Å². The van der Waals surface area contributed by atoms with Gasteiger partial charge in [0.25, 0.3) is 5.91 Å². The van der Waals surface area contributed by atoms with Gasteiger partial charge in [-0.1, -0.05) is 0 Å². The standard InChI is InChI=1S/C15H17N3O2/c1-18(10-12-6-8-17-9-7-12)15(19)11-20-14-4-2-13(16)3-5-14/h2-9H,10-11,16H2,1H3. The summed E-state index contributed by atoms with van der Waals surface area (Å²) in [7, 11) is 1.75. The molecule has 2 rings (SSSR count). The van der Waals surface area contributed by atoms with Crippen molar-refractivity contribution in [3.63, 3.8) is 0 Å². The van der Waals surface area contributed by atoms with Crippen LogP contribution in [0.5, 0.6) is 5.75 Å². The van der Waals surface area contributed by atoms with Gasteiger partial charge in [-0.3, -0.25) is 9.78 Å². The molecule has 104 valence electrons. The fourth-order valence-electron chi connectivity index (χ4n) is 1.67. The Morgan fingerprint density at radius 1 is 1.20 bits per heavy atom. The van der Waals surface area contributed by atoms with E-state index in [0.717, 1.165) is 5.56 Å². The SMILES string of the molecule is CN(Cc1ccncc1)C(=O)COc1ccc(N)cc1. The minimum atomic E-state index is -0.0846. The number of ether oxygens (including phenoxy) is 1. The van der Waals surface area contributed by atoms with E-state index in [1.54, 1.807) is 48.6 Å². The van der Waals surface area contributed by atoms with Gasteiger partial charge in [-0.25, -0.2) is 0 Å². The maximum Gasteiger partial charge on any atom is 0.260 e. The summed E-state index contributed by atoms with van der Waals surface area (Å²) in [5, 5.41) is 0. The molecule has 0 bridgehead atoms. The Balaban J connectivity index is 1.83. The first kappa shape index (κ1) is 13.9. The van der Waals surface area contributed by atoms with E-state index >= 15 is 0 Å². The van der Waals surface area contributed by atoms with Crippen LogP contribution >= 0.6 is 0 Å². The van der Waals surface area contributed by atoms with Crippen LogP contribution in [0.1, 0.15) is 5.56 Å². The van der Waals surface area contributed by atoms with E-state index in [1.165, 1.54) is 0 Å². The Hall–Kier alpha value is -2.56. The summed E-state index contributed by atoms with van der Waals surface area (Å²) in [5.41, 5.74) is 7.28. The molecular weight excluding hydrogens is 254 g/mol. The Labute approximate surface area is 118 Å². The second-order valence-electron chi connectivity index (χ2n) is 4.46. The number of amides is 1. The lowest BCUT2D eigenvalue weighted by atomic mass is 10.2. The third-order valence-electron chi connectivity index (χ3n) is 2.84. The summed E-state index contributed by atoms with van der Waals surface area (Å²) in [5.74, 6) is 0.545. The van der Waals surface area contributed by atoms with Crippen LogP contribution in [0.2, 0.25) is 0 Å². The summed E-state index contributed by atoms with van der Waals surface area (Å²) in [6, 6.07) is 10.7. The summed E-state index contributed by atoms with van der Waals surface area (Å²) < 4.78 is 5.42. The molecule has 0 fully saturated rings. The molecule has 1 amide bonds. The highest BCUT2D eigenvalue weighted by Crippen LogP contribution is 2.13. The molecule has 5 heteroatoms. The predicted molar refractivity (Wildman–Crippen MR) is 77.1 cm³/mol. The van der Waals surface area contributed by atoms with E-state index in [9.17, 15) is 4.79 Å². The van der Waals surface area contributed by atoms with Gasteiger partial charge < -0.3 is 15.4 Å². The zero-order valence-corrected chi connectivity index (χ0v) is 11.3. The molecule has 0 spiro atoms. The quantitative estimate of drug-likeness (QED) is 0.840. The van der Waals surface area contributed by atoms with Crippen molar-refractivity contribution < 1.29 is 9.53 Å². The maximum absolute atomic E-state index is 11.9. The highest BCUT2D eigenvalue weighted by atomic mass is 16.5. The zero-order valence-electron chi connectivity index (χ0n) is 11.3. The van der Waals surface area contributed by atoms with Gasteiger partial charge in [0.1, 0.15) is 5.75 Å². The van der Waals surface area contributed by atoms with Crippen LogP contribution in [0, 0.1) is 0 Å². The summed E-state index contributed by atoms with van der Waals surface area (Å²) in [4.78, 5) is 17.5. The van der Waals surface area contributed by atoms with Gasteiger partial charge in [-0.15, -0.1) is 0 Å². The van der Waals surface area contributed by atoms with Crippen LogP contribution in [0.3, 0.4) is 0 Å². The number of rotatable bonds is 5. The predicted octanol–water partition coefficient (Wildman–Crippen LogP) is 1.70. The first-order chi connectivity index (χ1) is 9.65. The van der Waals surface area contributed by atoms with E-state index in [0.29, 0.717) is 18.0 Å². The number of likely N-dealkylation sites (N-methyl/N-ethyl adjacent to an activating group) is 1. The molecule has 0 unspecified atom stereocenters. The molecule has 1 aromatic carbocycles. The fourth-order valence-corrected chi connectivity index (χ4v) is 1.67. The summed E-state index contributed by atoms with van der Waals surface area (Å²) in [6.07, 6.45) is 3.41. The second-order valence-corrected chi connectivity index (χ2v) is 4.46. The minimum Gasteiger partial charge on any atom is -0.484 e. The van der Waals surface area contributed by atoms with Crippen molar-refractivity contribution in [3.8, 4) is 5.75 Å². The largest absolute Gasteiger partial charge is 0.484 e. The van der Waals surface area contributed by atoms with E-state index in [-0.39, 0.29) is 12.5 Å². The molecular formula is C15H17N3O2. The van der Waals surface area contributed by atoms with Crippen molar-refractivity contribution in [2.75, 3.05) is 19.4 Å². The van der Waals surface area contributed by atoms with Crippen LogP contribution in [-0.4, -0.2) is 29.4 Å². The van der Waals surface area contributed by atoms with Gasteiger partial charge in [0, 0.05) is 31.7 Å². The Morgan fingerprint density at radius 2 is 1.85 bits per heavy atom. The Kier molecular flexibility index (Phi) is 4.55. The van der Waals surface area contributed by atoms with Gasteiger partial charge in [-0.2, -0.15) is 0 Å². The molecule has 2 N–H and O–H groups in total. The number of nitrogens with zero attached hydrogens (tertiary/aromatic N) is 2. The number of hydrogen-bond donors (Lipinski definition) is 1. The van der Waals surface area contributed by atoms with Crippen molar-refractivity contribution in [1.29, 1.82) is 0 Å². The first-order valence-corrected chi connectivity index (χ1v) is 6.26. The number of anilines is 1. The number of aromatic nitrogens is 1. The molecule has 5 nitrogen and oxygen atoms in total. The molecule has 20 heavy (non-hydrogen) atoms. The lowest BCUT2D eigenvalue weighted by molar-refractivity contribution is -0.132. The van der Waals surface area contributed by atoms with E-state index < -0.39 is 0 Å². The monoisotopic (exact) mass is 271 g/mol. The van der Waals surface area contributed by atoms with E-state index in [1.807, 2.05) is 12.1 Å². The van der Waals surface area contributed by atoms with Crippen LogP contribution in [0.4, 0.5) is 5.69 Å². The lowest BCUT2D eigenvalue weighted by Gasteiger charge is -2.17. The number of nitrogen functional groups attached to an aromatic ring is 1. The number of carbonyl (C=O) groups excluding carboxylic acids is 1. The normalized spacial score (nSPS) is 10.1. The van der Waals surface area contributed by atoms with E-state index in [4.69, 9.17) is 10.5 Å². The Bertz CT molecular complexity index is 555. The van der Waals surface area contributed by atoms with Gasteiger partial charge >= 0.3 is 0 Å². The van der Waals surface area contributed by atoms with Crippen molar-refractivity contribution in [1.82, 2.24) is 9.88 Å². The molecule has 0 atom stereocenters. The van der Waals surface area contributed by atoms with Crippen LogP contribution in [0.25, 0.3) is 0 Å². The highest BCUT2D eigenvalue weighted by Gasteiger charge is 2.10. The topological polar surface area (TPSA) is 68.5 Å². The van der Waals surface area contributed by atoms with Crippen LogP contribution in [-0.2, 0) is 11.3 Å². The number of benzene rings is 1. The molecule has 0 radical (unpaired) electrons. The number of carbonyl (C=O) groups is 1. The van der Waals surface area contributed by atoms with Gasteiger partial charge in [0.2, 0.25) is 0 Å². The van der Waals surface area contributed by atoms with Crippen molar-refractivity contribution >= 4 is 11.6 Å². The first-order valence-electron chi connectivity index (χ1n) is 6.26. The van der Waals surface area contributed by atoms with Gasteiger partial charge in [0.05, 0.1) is 0 Å². The molecule has 1 aromatic heterocycles. The molecule has 2 aromatic rings. The third kappa shape index (κ3) is 3.98. The van der Waals surface area contributed by atoms with Crippen LogP contribution < -0.4 is 10.5 Å². The molecule has 0 saturated carbocycles. The van der Waals surface area contributed by atoms with Crippen molar-refractivity contribution in [2.24, 2.45) is 0 Å².